The Bertz CT molecular complexity index is 524. The first-order chi connectivity index (χ1) is 19.5. The summed E-state index contributed by atoms with van der Waals surface area (Å²) in [5, 5.41) is 17.0. The van der Waals surface area contributed by atoms with Crippen LogP contribution >= 0.6 is 0 Å². The fourth-order valence-corrected chi connectivity index (χ4v) is 4.69. The van der Waals surface area contributed by atoms with Crippen molar-refractivity contribution < 1.29 is 39.3 Å². The third-order valence-corrected chi connectivity index (χ3v) is 7.30. The van der Waals surface area contributed by atoms with Crippen LogP contribution < -0.4 is 0 Å². The van der Waals surface area contributed by atoms with Crippen LogP contribution in [0.2, 0.25) is 0 Å². The molecule has 238 valence electrons. The van der Waals surface area contributed by atoms with Gasteiger partial charge in [-0.2, -0.15) is 0 Å². The molecule has 0 aliphatic carbocycles. The van der Waals surface area contributed by atoms with Gasteiger partial charge in [-0.15, -0.1) is 0 Å². The summed E-state index contributed by atoms with van der Waals surface area (Å²) in [7, 11) is 0. The van der Waals surface area contributed by atoms with Crippen molar-refractivity contribution in [3.63, 3.8) is 0 Å². The van der Waals surface area contributed by atoms with Gasteiger partial charge in [0.1, 0.15) is 0 Å². The van der Waals surface area contributed by atoms with Crippen molar-refractivity contribution in [1.82, 2.24) is 0 Å². The summed E-state index contributed by atoms with van der Waals surface area (Å²) >= 11 is 0. The minimum atomic E-state index is -0.661. The van der Waals surface area contributed by atoms with Crippen LogP contribution in [-0.2, 0) is 29.1 Å². The molecule has 0 atom stereocenters. The predicted molar refractivity (Wildman–Crippen MR) is 174 cm³/mol. The summed E-state index contributed by atoms with van der Waals surface area (Å²) in [6, 6.07) is 0. The van der Waals surface area contributed by atoms with Gasteiger partial charge in [0.25, 0.3) is 0 Å². The Hall–Kier alpha value is -0.957. The molecule has 0 heterocycles. The van der Waals surface area contributed by atoms with Crippen molar-refractivity contribution in [2.45, 2.75) is 194 Å². The van der Waals surface area contributed by atoms with Gasteiger partial charge in [0.15, 0.2) is 0 Å². The monoisotopic (exact) mass is 628 g/mol. The van der Waals surface area contributed by atoms with Crippen molar-refractivity contribution in [3.05, 3.63) is 24.3 Å². The van der Waals surface area contributed by atoms with Crippen molar-refractivity contribution >= 4 is 11.9 Å². The van der Waals surface area contributed by atoms with Crippen LogP contribution in [0.3, 0.4) is 0 Å². The molecule has 0 saturated carbocycles. The first-order valence-corrected chi connectivity index (χ1v) is 17.3. The number of carbonyl (C=O) groups is 2. The Morgan fingerprint density at radius 3 is 0.854 bits per heavy atom. The number of hydrogen-bond donors (Lipinski definition) is 2. The molecule has 0 fully saturated rings. The van der Waals surface area contributed by atoms with E-state index >= 15 is 0 Å². The maximum Gasteiger partial charge on any atom is 0.303 e. The number of carboxylic acids is 2. The normalized spacial score (nSPS) is 11.0. The minimum Gasteiger partial charge on any atom is -0.481 e. The average Bonchev–Trinajstić information content (AvgIpc) is 2.93. The van der Waals surface area contributed by atoms with Crippen LogP contribution in [0.4, 0.5) is 0 Å². The van der Waals surface area contributed by atoms with E-state index in [9.17, 15) is 9.59 Å². The van der Waals surface area contributed by atoms with Crippen LogP contribution in [0.25, 0.3) is 0 Å². The zero-order chi connectivity index (χ0) is 29.8. The van der Waals surface area contributed by atoms with E-state index in [1.807, 2.05) is 0 Å². The van der Waals surface area contributed by atoms with Gasteiger partial charge in [0, 0.05) is 32.3 Å². The van der Waals surface area contributed by atoms with Crippen LogP contribution in [0.15, 0.2) is 24.3 Å². The molecule has 41 heavy (non-hydrogen) atoms. The number of rotatable bonds is 30. The van der Waals surface area contributed by atoms with Gasteiger partial charge in [0.05, 0.1) is 0 Å². The maximum absolute atomic E-state index is 10.3. The van der Waals surface area contributed by atoms with Crippen LogP contribution in [0.5, 0.6) is 0 Å². The molecule has 0 spiro atoms. The number of aliphatic carboxylic acids is 2. The molecule has 0 aliphatic heterocycles. The van der Waals surface area contributed by atoms with Gasteiger partial charge in [-0.25, -0.2) is 0 Å². The van der Waals surface area contributed by atoms with Gasteiger partial charge < -0.3 is 10.2 Å². The average molecular weight is 630 g/mol. The van der Waals surface area contributed by atoms with Crippen LogP contribution in [-0.4, -0.2) is 22.2 Å². The summed E-state index contributed by atoms with van der Waals surface area (Å²) < 4.78 is 0. The second kappa shape index (κ2) is 41.2. The maximum atomic E-state index is 10.3. The van der Waals surface area contributed by atoms with E-state index in [4.69, 9.17) is 10.2 Å². The zero-order valence-electron chi connectivity index (χ0n) is 27.5. The summed E-state index contributed by atoms with van der Waals surface area (Å²) in [5.41, 5.74) is 0. The van der Waals surface area contributed by atoms with Crippen molar-refractivity contribution in [2.24, 2.45) is 0 Å². The summed E-state index contributed by atoms with van der Waals surface area (Å²) in [4.78, 5) is 20.7. The molecule has 0 rings (SSSR count). The Morgan fingerprint density at radius 2 is 0.610 bits per heavy atom. The molecule has 5 heteroatoms. The Balaban J connectivity index is -0.000000688. The van der Waals surface area contributed by atoms with E-state index < -0.39 is 11.9 Å². The predicted octanol–water partition coefficient (Wildman–Crippen LogP) is 12.2. The SMILES string of the molecule is CCCCCC/C=C\CCCCCCCCCC(=O)O.CCCCCC/C=C\CCCCCCCCCC(=O)O.[Zn]. The zero-order valence-corrected chi connectivity index (χ0v) is 30.5. The van der Waals surface area contributed by atoms with Gasteiger partial charge in [-0.3, -0.25) is 9.59 Å². The van der Waals surface area contributed by atoms with Crippen molar-refractivity contribution in [3.8, 4) is 0 Å². The van der Waals surface area contributed by atoms with Gasteiger partial charge >= 0.3 is 11.9 Å². The number of unbranched alkanes of at least 4 members (excludes halogenated alkanes) is 22. The second-order valence-electron chi connectivity index (χ2n) is 11.5. The molecular formula is C36H68O4Zn. The first-order valence-electron chi connectivity index (χ1n) is 17.3. The molecule has 0 amide bonds. The molecular weight excluding hydrogens is 562 g/mol. The molecule has 0 radical (unpaired) electrons. The largest absolute Gasteiger partial charge is 0.481 e. The van der Waals surface area contributed by atoms with Crippen molar-refractivity contribution in [1.29, 1.82) is 0 Å². The van der Waals surface area contributed by atoms with E-state index in [2.05, 4.69) is 38.2 Å². The molecule has 0 bridgehead atoms. The number of hydrogen-bond acceptors (Lipinski definition) is 2. The van der Waals surface area contributed by atoms with Crippen molar-refractivity contribution in [2.75, 3.05) is 0 Å². The fourth-order valence-electron chi connectivity index (χ4n) is 4.69. The topological polar surface area (TPSA) is 74.6 Å². The molecule has 0 aromatic carbocycles. The smallest absolute Gasteiger partial charge is 0.303 e. The summed E-state index contributed by atoms with van der Waals surface area (Å²) in [6.45, 7) is 4.50. The Labute approximate surface area is 268 Å². The quantitative estimate of drug-likeness (QED) is 0.0471. The van der Waals surface area contributed by atoms with E-state index in [1.165, 1.54) is 141 Å². The van der Waals surface area contributed by atoms with Gasteiger partial charge in [-0.05, 0) is 64.2 Å². The third kappa shape index (κ3) is 49.1. The van der Waals surface area contributed by atoms with Gasteiger partial charge in [-0.1, -0.05) is 141 Å². The fraction of sp³-hybridized carbons (Fsp3) is 0.833. The van der Waals surface area contributed by atoms with E-state index in [0.717, 1.165) is 25.7 Å². The van der Waals surface area contributed by atoms with Gasteiger partial charge in [0.2, 0.25) is 0 Å². The third-order valence-electron chi connectivity index (χ3n) is 7.30. The van der Waals surface area contributed by atoms with Crippen LogP contribution in [0.1, 0.15) is 194 Å². The van der Waals surface area contributed by atoms with E-state index in [1.54, 1.807) is 0 Å². The first kappa shape index (κ1) is 44.5. The number of carboxylic acid groups (broad SMARTS) is 2. The number of allylic oxidation sites excluding steroid dienone is 4. The molecule has 0 aromatic rings. The molecule has 2 N–H and O–H groups in total. The summed E-state index contributed by atoms with van der Waals surface area (Å²) in [6.07, 6.45) is 42.5. The molecule has 0 aliphatic rings. The molecule has 0 aromatic heterocycles. The minimum absolute atomic E-state index is 0. The Morgan fingerprint density at radius 1 is 0.390 bits per heavy atom. The molecule has 0 unspecified atom stereocenters. The summed E-state index contributed by atoms with van der Waals surface area (Å²) in [5.74, 6) is -1.32. The second-order valence-corrected chi connectivity index (χ2v) is 11.5. The standard InChI is InChI=1S/2C18H34O2.Zn/c2*1-2-3-4-5-6-7-8-9-10-11-12-13-14-15-16-17-18(19)20;/h2*7-8H,2-6,9-17H2,1H3,(H,19,20);/b2*8-7-;. The molecule has 4 nitrogen and oxygen atoms in total. The van der Waals surface area contributed by atoms with Crippen LogP contribution in [0, 0.1) is 0 Å². The molecule has 0 saturated heterocycles. The van der Waals surface area contributed by atoms with E-state index in [0.29, 0.717) is 12.8 Å². The Kier molecular flexibility index (Phi) is 44.7. The van der Waals surface area contributed by atoms with E-state index in [-0.39, 0.29) is 19.5 Å².